The molecule has 428 valence electrons. The molecule has 0 aliphatic heterocycles. The molecule has 0 saturated carbocycles. The van der Waals surface area contributed by atoms with Crippen LogP contribution < -0.4 is 0 Å². The Balaban J connectivity index is 4.32. The van der Waals surface area contributed by atoms with Crippen molar-refractivity contribution in [2.45, 2.75) is 329 Å². The normalized spacial score (nSPS) is 12.5. The van der Waals surface area contributed by atoms with Gasteiger partial charge in [0.1, 0.15) is 13.2 Å². The molecule has 0 amide bonds. The van der Waals surface area contributed by atoms with Crippen molar-refractivity contribution in [2.75, 3.05) is 13.2 Å². The van der Waals surface area contributed by atoms with Crippen LogP contribution in [-0.2, 0) is 28.6 Å². The van der Waals surface area contributed by atoms with Gasteiger partial charge in [0.05, 0.1) is 0 Å². The maximum absolute atomic E-state index is 12.9. The van der Waals surface area contributed by atoms with Gasteiger partial charge in [0, 0.05) is 19.3 Å². The first kappa shape index (κ1) is 70.8. The zero-order valence-electron chi connectivity index (χ0n) is 49.1. The van der Waals surface area contributed by atoms with Crippen LogP contribution in [0.5, 0.6) is 0 Å². The molecule has 1 atom stereocenters. The summed E-state index contributed by atoms with van der Waals surface area (Å²) in [7, 11) is 0. The third-order valence-corrected chi connectivity index (χ3v) is 13.9. The van der Waals surface area contributed by atoms with E-state index >= 15 is 0 Å². The number of rotatable bonds is 58. The average molecular weight is 1030 g/mol. The molecule has 0 saturated heterocycles. The van der Waals surface area contributed by atoms with E-state index in [9.17, 15) is 14.4 Å². The molecule has 1 unspecified atom stereocenters. The Morgan fingerprint density at radius 3 is 0.824 bits per heavy atom. The zero-order valence-corrected chi connectivity index (χ0v) is 49.1. The number of carbonyl (C=O) groups excluding carboxylic acids is 3. The molecule has 0 aromatic carbocycles. The average Bonchev–Trinajstić information content (AvgIpc) is 3.40. The van der Waals surface area contributed by atoms with Crippen LogP contribution in [0.3, 0.4) is 0 Å². The molecule has 0 fully saturated rings. The largest absolute Gasteiger partial charge is 0.462 e. The van der Waals surface area contributed by atoms with Crippen molar-refractivity contribution in [3.8, 4) is 0 Å². The predicted molar refractivity (Wildman–Crippen MR) is 321 cm³/mol. The van der Waals surface area contributed by atoms with Crippen LogP contribution in [0.2, 0.25) is 0 Å². The minimum absolute atomic E-state index is 0.0777. The van der Waals surface area contributed by atoms with E-state index in [-0.39, 0.29) is 31.1 Å². The molecule has 0 aliphatic rings. The van der Waals surface area contributed by atoms with Crippen LogP contribution >= 0.6 is 0 Å². The van der Waals surface area contributed by atoms with Gasteiger partial charge in [0.2, 0.25) is 0 Å². The van der Waals surface area contributed by atoms with Crippen molar-refractivity contribution < 1.29 is 28.6 Å². The van der Waals surface area contributed by atoms with E-state index in [1.807, 2.05) is 0 Å². The first-order valence-corrected chi connectivity index (χ1v) is 31.9. The minimum Gasteiger partial charge on any atom is -0.462 e. The van der Waals surface area contributed by atoms with E-state index in [0.717, 1.165) is 96.3 Å². The predicted octanol–water partition coefficient (Wildman–Crippen LogP) is 21.7. The molecule has 0 spiro atoms. The highest BCUT2D eigenvalue weighted by molar-refractivity contribution is 5.71. The lowest BCUT2D eigenvalue weighted by Crippen LogP contribution is -2.30. The molecule has 0 rings (SSSR count). The SMILES string of the molecule is CC/C=C\C/C=C\C/C=C\CCCCCCCCCC(=O)OC(COC(=O)CCCCCCCCCCCC/C=C\C/C=C\C/C=C\CCCCCCC)COC(=O)CCCCCCCCCCCCCCCC. The minimum atomic E-state index is -0.782. The molecule has 74 heavy (non-hydrogen) atoms. The van der Waals surface area contributed by atoms with Crippen LogP contribution in [0.15, 0.2) is 72.9 Å². The molecule has 0 aromatic rings. The lowest BCUT2D eigenvalue weighted by molar-refractivity contribution is -0.167. The molecule has 0 heterocycles. The summed E-state index contributed by atoms with van der Waals surface area (Å²) in [5.74, 6) is -0.877. The van der Waals surface area contributed by atoms with Gasteiger partial charge in [0.25, 0.3) is 0 Å². The molecule has 0 bridgehead atoms. The Labute approximate surface area is 459 Å². The Bertz CT molecular complexity index is 1370. The maximum atomic E-state index is 12.9. The molecular formula is C68H120O6. The summed E-state index contributed by atoms with van der Waals surface area (Å²) in [5, 5.41) is 0. The molecular weight excluding hydrogens is 913 g/mol. The zero-order chi connectivity index (χ0) is 53.6. The summed E-state index contributed by atoms with van der Waals surface area (Å²) in [6.07, 6.45) is 80.4. The van der Waals surface area contributed by atoms with E-state index in [0.29, 0.717) is 19.3 Å². The van der Waals surface area contributed by atoms with Gasteiger partial charge in [-0.15, -0.1) is 0 Å². The summed E-state index contributed by atoms with van der Waals surface area (Å²) in [4.78, 5) is 38.3. The molecule has 6 heteroatoms. The summed E-state index contributed by atoms with van der Waals surface area (Å²) >= 11 is 0. The first-order valence-electron chi connectivity index (χ1n) is 31.9. The summed E-state index contributed by atoms with van der Waals surface area (Å²) in [6, 6.07) is 0. The third kappa shape index (κ3) is 59.7. The van der Waals surface area contributed by atoms with Crippen molar-refractivity contribution >= 4 is 17.9 Å². The number of unbranched alkanes of at least 4 members (excludes halogenated alkanes) is 35. The van der Waals surface area contributed by atoms with Crippen LogP contribution in [0.1, 0.15) is 323 Å². The number of hydrogen-bond donors (Lipinski definition) is 0. The van der Waals surface area contributed by atoms with E-state index in [4.69, 9.17) is 14.2 Å². The number of allylic oxidation sites excluding steroid dienone is 12. The van der Waals surface area contributed by atoms with Gasteiger partial charge in [-0.05, 0) is 89.9 Å². The van der Waals surface area contributed by atoms with Gasteiger partial charge in [-0.25, -0.2) is 0 Å². The van der Waals surface area contributed by atoms with E-state index in [2.05, 4.69) is 93.7 Å². The lowest BCUT2D eigenvalue weighted by Gasteiger charge is -2.18. The fourth-order valence-corrected chi connectivity index (χ4v) is 9.17. The molecule has 0 N–H and O–H groups in total. The van der Waals surface area contributed by atoms with Crippen molar-refractivity contribution in [1.29, 1.82) is 0 Å². The van der Waals surface area contributed by atoms with E-state index < -0.39 is 6.10 Å². The highest BCUT2D eigenvalue weighted by Gasteiger charge is 2.19. The van der Waals surface area contributed by atoms with Crippen molar-refractivity contribution in [1.82, 2.24) is 0 Å². The van der Waals surface area contributed by atoms with Gasteiger partial charge in [-0.2, -0.15) is 0 Å². The highest BCUT2D eigenvalue weighted by atomic mass is 16.6. The molecule has 0 radical (unpaired) electrons. The highest BCUT2D eigenvalue weighted by Crippen LogP contribution is 2.17. The fourth-order valence-electron chi connectivity index (χ4n) is 9.17. The van der Waals surface area contributed by atoms with Gasteiger partial charge in [-0.3, -0.25) is 14.4 Å². The second-order valence-corrected chi connectivity index (χ2v) is 21.3. The Morgan fingerprint density at radius 2 is 0.527 bits per heavy atom. The Kier molecular flexibility index (Phi) is 59.7. The lowest BCUT2D eigenvalue weighted by atomic mass is 10.0. The number of esters is 3. The number of ether oxygens (including phenoxy) is 3. The van der Waals surface area contributed by atoms with Crippen LogP contribution in [-0.4, -0.2) is 37.2 Å². The monoisotopic (exact) mass is 1030 g/mol. The van der Waals surface area contributed by atoms with Crippen molar-refractivity contribution in [3.63, 3.8) is 0 Å². The Hall–Kier alpha value is -3.15. The standard InChI is InChI=1S/C68H120O6/c1-4-7-10-13-16-19-22-25-28-30-31-32-33-34-35-36-37-39-40-43-46-49-52-55-58-61-67(70)73-64-65(63-72-66(69)60-57-54-51-48-45-42-27-24-21-18-15-12-9-6-3)74-68(71)62-59-56-53-50-47-44-41-38-29-26-23-20-17-14-11-8-5-2/h8,11,17,20,22,25-26,29-31,33-34,65H,4-7,9-10,12-16,18-19,21,23-24,27-28,32,35-64H2,1-3H3/b11-8-,20-17-,25-22-,29-26-,31-30-,34-33-. The van der Waals surface area contributed by atoms with Crippen LogP contribution in [0, 0.1) is 0 Å². The van der Waals surface area contributed by atoms with Gasteiger partial charge in [-0.1, -0.05) is 286 Å². The van der Waals surface area contributed by atoms with Crippen LogP contribution in [0.4, 0.5) is 0 Å². The molecule has 0 aliphatic carbocycles. The van der Waals surface area contributed by atoms with Gasteiger partial charge in [0.15, 0.2) is 6.10 Å². The molecule has 6 nitrogen and oxygen atoms in total. The second-order valence-electron chi connectivity index (χ2n) is 21.3. The van der Waals surface area contributed by atoms with E-state index in [1.54, 1.807) is 0 Å². The first-order chi connectivity index (χ1) is 36.5. The fraction of sp³-hybridized carbons (Fsp3) is 0.779. The third-order valence-electron chi connectivity index (χ3n) is 13.9. The smallest absolute Gasteiger partial charge is 0.306 e. The quantitative estimate of drug-likeness (QED) is 0.0261. The summed E-state index contributed by atoms with van der Waals surface area (Å²) in [6.45, 7) is 6.54. The van der Waals surface area contributed by atoms with Crippen LogP contribution in [0.25, 0.3) is 0 Å². The second kappa shape index (κ2) is 62.4. The van der Waals surface area contributed by atoms with Crippen molar-refractivity contribution in [3.05, 3.63) is 72.9 Å². The van der Waals surface area contributed by atoms with Gasteiger partial charge >= 0.3 is 17.9 Å². The van der Waals surface area contributed by atoms with Gasteiger partial charge < -0.3 is 14.2 Å². The summed E-state index contributed by atoms with van der Waals surface area (Å²) < 4.78 is 16.9. The number of carbonyl (C=O) groups is 3. The topological polar surface area (TPSA) is 78.9 Å². The van der Waals surface area contributed by atoms with E-state index in [1.165, 1.54) is 186 Å². The number of hydrogen-bond acceptors (Lipinski definition) is 6. The maximum Gasteiger partial charge on any atom is 0.306 e. The van der Waals surface area contributed by atoms with Crippen molar-refractivity contribution in [2.24, 2.45) is 0 Å². The Morgan fingerprint density at radius 1 is 0.284 bits per heavy atom. The summed E-state index contributed by atoms with van der Waals surface area (Å²) in [5.41, 5.74) is 0. The molecule has 0 aromatic heterocycles.